The van der Waals surface area contributed by atoms with Crippen LogP contribution >= 0.6 is 18.6 Å². The van der Waals surface area contributed by atoms with Crippen LogP contribution in [0.15, 0.2) is 0 Å². The number of ketones is 1. The summed E-state index contributed by atoms with van der Waals surface area (Å²) < 4.78 is 11.0. The Morgan fingerprint density at radius 2 is 2.32 bits per heavy atom. The third kappa shape index (κ3) is 7.52. The van der Waals surface area contributed by atoms with E-state index in [4.69, 9.17) is 21.2 Å². The molecule has 0 aromatic rings. The molecule has 1 aliphatic heterocycles. The van der Waals surface area contributed by atoms with Gasteiger partial charge in [0.05, 0.1) is 0 Å². The fourth-order valence-electron chi connectivity index (χ4n) is 1.95. The molecule has 8 heteroatoms. The molecule has 1 aliphatic rings. The van der Waals surface area contributed by atoms with E-state index in [9.17, 15) is 9.59 Å². The molecule has 0 bridgehead atoms. The van der Waals surface area contributed by atoms with Crippen molar-refractivity contribution in [3.63, 3.8) is 0 Å². The number of Topliss-reactive ketones (excluding diaryl/α,β-unsaturated/α-hetero) is 1. The van der Waals surface area contributed by atoms with Crippen molar-refractivity contribution in [2.24, 2.45) is 0 Å². The van der Waals surface area contributed by atoms with Crippen LogP contribution in [-0.2, 0) is 30.8 Å². The van der Waals surface area contributed by atoms with Gasteiger partial charge in [-0.3, -0.25) is 0 Å². The third-order valence-electron chi connectivity index (χ3n) is 2.68. The summed E-state index contributed by atoms with van der Waals surface area (Å²) >= 11 is 6.03. The van der Waals surface area contributed by atoms with Gasteiger partial charge in [0.15, 0.2) is 0 Å². The molecule has 0 aromatic heterocycles. The molecule has 0 radical (unpaired) electrons. The Hall–Kier alpha value is 0.195. The van der Waals surface area contributed by atoms with Gasteiger partial charge in [0.25, 0.3) is 0 Å². The summed E-state index contributed by atoms with van der Waals surface area (Å²) in [4.78, 5) is 23.2. The number of rotatable bonds is 7. The van der Waals surface area contributed by atoms with Crippen LogP contribution in [0.3, 0.4) is 0 Å². The van der Waals surface area contributed by atoms with Gasteiger partial charge in [0.2, 0.25) is 0 Å². The Bertz CT molecular complexity index is 374. The Kier molecular flexibility index (Phi) is 9.08. The molecule has 0 aromatic carbocycles. The Morgan fingerprint density at radius 3 is 3.00 bits per heavy atom. The van der Waals surface area contributed by atoms with Crippen molar-refractivity contribution in [2.45, 2.75) is 44.8 Å². The second kappa shape index (κ2) is 10.00. The van der Waals surface area contributed by atoms with Crippen molar-refractivity contribution >= 4 is 48.1 Å². The third-order valence-corrected chi connectivity index (χ3v) is 4.01. The first-order chi connectivity index (χ1) is 9.15. The Morgan fingerprint density at radius 1 is 1.58 bits per heavy atom. The average molecular weight is 320 g/mol. The van der Waals surface area contributed by atoms with Gasteiger partial charge in [-0.2, -0.15) is 0 Å². The molecule has 0 saturated carbocycles. The number of hydrogen-bond donors (Lipinski definition) is 0. The van der Waals surface area contributed by atoms with Crippen LogP contribution in [0.1, 0.15) is 32.6 Å². The first kappa shape index (κ1) is 17.2. The molecule has 0 N–H and O–H groups in total. The number of carbonyl (C=O) groups excluding carboxylic acids is 2. The van der Waals surface area contributed by atoms with E-state index in [1.807, 2.05) is 6.92 Å². The van der Waals surface area contributed by atoms with E-state index < -0.39 is 0 Å². The second-order valence-corrected chi connectivity index (χ2v) is 6.73. The first-order valence-electron chi connectivity index (χ1n) is 6.29. The summed E-state index contributed by atoms with van der Waals surface area (Å²) in [6, 6.07) is 0. The zero-order valence-corrected chi connectivity index (χ0v) is 13.6. The maximum atomic E-state index is 11.7. The molecule has 1 heterocycles. The molecular formula is C11H18BO4PS2. The zero-order chi connectivity index (χ0) is 14.1. The van der Waals surface area contributed by atoms with Gasteiger partial charge in [-0.25, -0.2) is 0 Å². The van der Waals surface area contributed by atoms with Crippen molar-refractivity contribution in [2.75, 3.05) is 12.4 Å². The molecule has 1 saturated heterocycles. The quantitative estimate of drug-likeness (QED) is 0.405. The van der Waals surface area contributed by atoms with Gasteiger partial charge < -0.3 is 0 Å². The molecule has 1 rings (SSSR count). The standard InChI is InChI=1S/C11H18BO4PS2/c1-2-19-11(14)7-10-6-8(13)5-9(16-10)3-4-15-12-17-18/h9-10,17H,2-7H2,1H3/t9-,10+/m0/s1. The Balaban J connectivity index is 2.37. The zero-order valence-electron chi connectivity index (χ0n) is 10.9. The van der Waals surface area contributed by atoms with E-state index >= 15 is 0 Å². The summed E-state index contributed by atoms with van der Waals surface area (Å²) in [5, 5.41) is 0.0952. The first-order valence-corrected chi connectivity index (χ1v) is 9.49. The topological polar surface area (TPSA) is 52.6 Å². The number of hydrogen-bond acceptors (Lipinski definition) is 6. The minimum absolute atomic E-state index is 0.0952. The molecule has 19 heavy (non-hydrogen) atoms. The minimum atomic E-state index is -0.261. The molecule has 0 amide bonds. The summed E-state index contributed by atoms with van der Waals surface area (Å²) in [5.74, 6) is 0.929. The van der Waals surface area contributed by atoms with E-state index in [-0.39, 0.29) is 30.0 Å². The summed E-state index contributed by atoms with van der Waals surface area (Å²) in [6.07, 6.45) is 1.36. The predicted molar refractivity (Wildman–Crippen MR) is 82.7 cm³/mol. The Labute approximate surface area is 124 Å². The summed E-state index contributed by atoms with van der Waals surface area (Å²) in [5.41, 5.74) is 0. The fourth-order valence-corrected chi connectivity index (χ4v) is 2.96. The van der Waals surface area contributed by atoms with Crippen molar-refractivity contribution in [3.8, 4) is 0 Å². The predicted octanol–water partition coefficient (Wildman–Crippen LogP) is 1.85. The van der Waals surface area contributed by atoms with Crippen molar-refractivity contribution in [1.82, 2.24) is 0 Å². The second-order valence-electron chi connectivity index (χ2n) is 4.23. The van der Waals surface area contributed by atoms with Gasteiger partial charge in [0, 0.05) is 0 Å². The van der Waals surface area contributed by atoms with E-state index in [0.29, 0.717) is 32.3 Å². The number of thioether (sulfide) groups is 1. The van der Waals surface area contributed by atoms with Crippen LogP contribution < -0.4 is 0 Å². The molecule has 0 spiro atoms. The number of ether oxygens (including phenoxy) is 1. The number of carbonyl (C=O) groups is 2. The average Bonchev–Trinajstić information content (AvgIpc) is 2.34. The van der Waals surface area contributed by atoms with Crippen molar-refractivity contribution in [1.29, 1.82) is 0 Å². The van der Waals surface area contributed by atoms with Crippen LogP contribution in [0.4, 0.5) is 0 Å². The van der Waals surface area contributed by atoms with Crippen LogP contribution in [-0.4, -0.2) is 42.3 Å². The van der Waals surface area contributed by atoms with Gasteiger partial charge in [-0.1, -0.05) is 0 Å². The van der Waals surface area contributed by atoms with Gasteiger partial charge >= 0.3 is 124 Å². The SMILES string of the molecule is CCSC(=O)C[C@H]1CC(=O)C[C@H](CCOB=[PH]=S)O1. The van der Waals surface area contributed by atoms with Crippen molar-refractivity contribution in [3.05, 3.63) is 0 Å². The fraction of sp³-hybridized carbons (Fsp3) is 0.818. The van der Waals surface area contributed by atoms with Gasteiger partial charge in [-0.15, -0.1) is 0 Å². The molecule has 1 unspecified atom stereocenters. The maximum absolute atomic E-state index is 11.7. The molecular weight excluding hydrogens is 302 g/mol. The molecule has 106 valence electrons. The monoisotopic (exact) mass is 320 g/mol. The van der Waals surface area contributed by atoms with Crippen molar-refractivity contribution < 1.29 is 19.0 Å². The summed E-state index contributed by atoms with van der Waals surface area (Å²) in [6.45, 7) is 4.28. The van der Waals surface area contributed by atoms with Crippen LogP contribution in [0.5, 0.6) is 0 Å². The molecule has 0 aliphatic carbocycles. The van der Waals surface area contributed by atoms with Crippen LogP contribution in [0, 0.1) is 0 Å². The van der Waals surface area contributed by atoms with E-state index in [1.54, 1.807) is 6.82 Å². The molecule has 4 nitrogen and oxygen atoms in total. The summed E-state index contributed by atoms with van der Waals surface area (Å²) in [7, 11) is 0. The van der Waals surface area contributed by atoms with Gasteiger partial charge in [-0.05, 0) is 0 Å². The van der Waals surface area contributed by atoms with Gasteiger partial charge in [0.1, 0.15) is 0 Å². The molecule has 3 atom stereocenters. The van der Waals surface area contributed by atoms with E-state index in [0.717, 1.165) is 5.75 Å². The normalized spacial score (nSPS) is 23.3. The van der Waals surface area contributed by atoms with E-state index in [1.165, 1.54) is 11.8 Å². The van der Waals surface area contributed by atoms with Crippen LogP contribution in [0.2, 0.25) is 0 Å². The van der Waals surface area contributed by atoms with E-state index in [2.05, 4.69) is 0 Å². The van der Waals surface area contributed by atoms with Crippen LogP contribution in [0.25, 0.3) is 0 Å². The molecule has 1 fully saturated rings.